The highest BCUT2D eigenvalue weighted by Gasteiger charge is 2.07. The van der Waals surface area contributed by atoms with Crippen molar-refractivity contribution in [3.63, 3.8) is 0 Å². The van der Waals surface area contributed by atoms with Gasteiger partial charge in [-0.25, -0.2) is 9.97 Å². The van der Waals surface area contributed by atoms with E-state index in [2.05, 4.69) is 45.7 Å². The molecule has 0 aliphatic heterocycles. The normalized spacial score (nSPS) is 10.7. The van der Waals surface area contributed by atoms with Crippen molar-refractivity contribution in [1.29, 1.82) is 0 Å². The molecule has 2 rings (SSSR count). The molecular weight excluding hydrogens is 264 g/mol. The minimum absolute atomic E-state index is 0.725. The van der Waals surface area contributed by atoms with Crippen molar-refractivity contribution in [2.75, 3.05) is 17.7 Å². The second kappa shape index (κ2) is 7.06. The molecule has 2 aromatic rings. The summed E-state index contributed by atoms with van der Waals surface area (Å²) in [6.45, 7) is 4.98. The maximum absolute atomic E-state index is 4.56. The van der Waals surface area contributed by atoms with Crippen LogP contribution >= 0.6 is 0 Å². The van der Waals surface area contributed by atoms with Crippen molar-refractivity contribution in [2.45, 2.75) is 39.7 Å². The first-order chi connectivity index (χ1) is 10.2. The van der Waals surface area contributed by atoms with Gasteiger partial charge < -0.3 is 10.6 Å². The summed E-state index contributed by atoms with van der Waals surface area (Å²) in [7, 11) is 3.82. The van der Waals surface area contributed by atoms with Crippen molar-refractivity contribution in [1.82, 2.24) is 19.7 Å². The van der Waals surface area contributed by atoms with Gasteiger partial charge in [0.05, 0.1) is 5.69 Å². The zero-order valence-electron chi connectivity index (χ0n) is 13.3. The number of hydrogen-bond acceptors (Lipinski definition) is 5. The van der Waals surface area contributed by atoms with E-state index in [1.165, 1.54) is 5.56 Å². The van der Waals surface area contributed by atoms with Crippen molar-refractivity contribution < 1.29 is 0 Å². The predicted molar refractivity (Wildman–Crippen MR) is 85.5 cm³/mol. The molecule has 21 heavy (non-hydrogen) atoms. The van der Waals surface area contributed by atoms with Crippen LogP contribution in [0.2, 0.25) is 0 Å². The molecule has 0 amide bonds. The molecule has 0 saturated heterocycles. The van der Waals surface area contributed by atoms with Gasteiger partial charge in [0.15, 0.2) is 0 Å². The largest absolute Gasteiger partial charge is 0.373 e. The van der Waals surface area contributed by atoms with E-state index in [9.17, 15) is 0 Å². The van der Waals surface area contributed by atoms with Crippen LogP contribution < -0.4 is 10.6 Å². The van der Waals surface area contributed by atoms with Gasteiger partial charge in [0.25, 0.3) is 0 Å². The Hall–Kier alpha value is -2.11. The van der Waals surface area contributed by atoms with E-state index in [0.29, 0.717) is 0 Å². The number of aryl methyl sites for hydroxylation is 3. The standard InChI is InChI=1S/C15H24N6/c1-5-7-13-18-14(16-3)8-15(19-13)17-9-11-10-21(4)20-12(11)6-2/h8,10H,5-7,9H2,1-4H3,(H2,16,17,18,19). The molecule has 0 spiro atoms. The first-order valence-electron chi connectivity index (χ1n) is 7.47. The molecular formula is C15H24N6. The molecule has 0 radical (unpaired) electrons. The number of rotatable bonds is 7. The van der Waals surface area contributed by atoms with Crippen LogP contribution in [0.5, 0.6) is 0 Å². The Morgan fingerprint density at radius 2 is 1.95 bits per heavy atom. The minimum atomic E-state index is 0.725. The van der Waals surface area contributed by atoms with Crippen molar-refractivity contribution in [3.8, 4) is 0 Å². The lowest BCUT2D eigenvalue weighted by atomic mass is 10.2. The molecule has 2 aromatic heterocycles. The van der Waals surface area contributed by atoms with Crippen LogP contribution in [0, 0.1) is 0 Å². The van der Waals surface area contributed by atoms with E-state index in [4.69, 9.17) is 0 Å². The molecule has 6 heteroatoms. The van der Waals surface area contributed by atoms with Gasteiger partial charge in [0.2, 0.25) is 0 Å². The van der Waals surface area contributed by atoms with Crippen LogP contribution in [0.4, 0.5) is 11.6 Å². The van der Waals surface area contributed by atoms with Crippen molar-refractivity contribution in [3.05, 3.63) is 29.3 Å². The molecule has 0 aliphatic carbocycles. The summed E-state index contributed by atoms with van der Waals surface area (Å²) in [5.41, 5.74) is 2.34. The van der Waals surface area contributed by atoms with Gasteiger partial charge in [-0.3, -0.25) is 4.68 Å². The van der Waals surface area contributed by atoms with E-state index in [1.54, 1.807) is 0 Å². The van der Waals surface area contributed by atoms with Crippen LogP contribution in [0.15, 0.2) is 12.3 Å². The summed E-state index contributed by atoms with van der Waals surface area (Å²) < 4.78 is 1.86. The molecule has 0 aromatic carbocycles. The maximum atomic E-state index is 4.56. The second-order valence-corrected chi connectivity index (χ2v) is 5.04. The first-order valence-corrected chi connectivity index (χ1v) is 7.47. The Labute approximate surface area is 126 Å². The lowest BCUT2D eigenvalue weighted by Gasteiger charge is -2.09. The topological polar surface area (TPSA) is 67.7 Å². The van der Waals surface area contributed by atoms with Gasteiger partial charge in [-0.2, -0.15) is 5.10 Å². The zero-order valence-corrected chi connectivity index (χ0v) is 13.3. The highest BCUT2D eigenvalue weighted by atomic mass is 15.3. The number of nitrogens with zero attached hydrogens (tertiary/aromatic N) is 4. The van der Waals surface area contributed by atoms with E-state index < -0.39 is 0 Å². The van der Waals surface area contributed by atoms with E-state index in [1.807, 2.05) is 24.8 Å². The number of hydrogen-bond donors (Lipinski definition) is 2. The van der Waals surface area contributed by atoms with Gasteiger partial charge in [-0.1, -0.05) is 13.8 Å². The van der Waals surface area contributed by atoms with Crippen LogP contribution in [-0.2, 0) is 26.4 Å². The number of nitrogens with one attached hydrogen (secondary N) is 2. The lowest BCUT2D eigenvalue weighted by molar-refractivity contribution is 0.746. The fourth-order valence-corrected chi connectivity index (χ4v) is 2.27. The Kier molecular flexibility index (Phi) is 5.14. The quantitative estimate of drug-likeness (QED) is 0.818. The van der Waals surface area contributed by atoms with Crippen LogP contribution in [-0.4, -0.2) is 26.8 Å². The highest BCUT2D eigenvalue weighted by Crippen LogP contribution is 2.14. The third-order valence-electron chi connectivity index (χ3n) is 3.29. The molecule has 0 bridgehead atoms. The van der Waals surface area contributed by atoms with E-state index >= 15 is 0 Å². The zero-order chi connectivity index (χ0) is 15.2. The summed E-state index contributed by atoms with van der Waals surface area (Å²) in [4.78, 5) is 9.01. The summed E-state index contributed by atoms with van der Waals surface area (Å²) in [5, 5.41) is 10.9. The fourth-order valence-electron chi connectivity index (χ4n) is 2.27. The van der Waals surface area contributed by atoms with Crippen LogP contribution in [0.1, 0.15) is 37.4 Å². The average Bonchev–Trinajstić information content (AvgIpc) is 2.85. The molecule has 0 fully saturated rings. The SMILES string of the molecule is CCCc1nc(NC)cc(NCc2cn(C)nc2CC)n1. The molecule has 0 unspecified atom stereocenters. The summed E-state index contributed by atoms with van der Waals surface area (Å²) >= 11 is 0. The Balaban J connectivity index is 2.13. The highest BCUT2D eigenvalue weighted by molar-refractivity contribution is 5.47. The smallest absolute Gasteiger partial charge is 0.133 e. The molecule has 0 atom stereocenters. The van der Waals surface area contributed by atoms with Crippen molar-refractivity contribution in [2.24, 2.45) is 7.05 Å². The Bertz CT molecular complexity index is 590. The molecule has 0 saturated carbocycles. The lowest BCUT2D eigenvalue weighted by Crippen LogP contribution is -2.07. The van der Waals surface area contributed by atoms with Crippen molar-refractivity contribution >= 4 is 11.6 Å². The predicted octanol–water partition coefficient (Wildman–Crippen LogP) is 2.38. The van der Waals surface area contributed by atoms with Gasteiger partial charge in [-0.15, -0.1) is 0 Å². The number of anilines is 2. The molecule has 2 heterocycles. The third-order valence-corrected chi connectivity index (χ3v) is 3.29. The molecule has 0 aliphatic rings. The summed E-state index contributed by atoms with van der Waals surface area (Å²) in [6, 6.07) is 1.93. The Morgan fingerprint density at radius 1 is 1.19 bits per heavy atom. The van der Waals surface area contributed by atoms with Crippen LogP contribution in [0.25, 0.3) is 0 Å². The average molecular weight is 288 g/mol. The summed E-state index contributed by atoms with van der Waals surface area (Å²) in [6.07, 6.45) is 4.91. The van der Waals surface area contributed by atoms with Gasteiger partial charge in [0, 0.05) is 44.9 Å². The van der Waals surface area contributed by atoms with Gasteiger partial charge >= 0.3 is 0 Å². The fraction of sp³-hybridized carbons (Fsp3) is 0.533. The van der Waals surface area contributed by atoms with E-state index in [0.717, 1.165) is 49.0 Å². The molecule has 2 N–H and O–H groups in total. The molecule has 114 valence electrons. The molecule has 6 nitrogen and oxygen atoms in total. The van der Waals surface area contributed by atoms with Gasteiger partial charge in [-0.05, 0) is 12.8 Å². The monoisotopic (exact) mass is 288 g/mol. The second-order valence-electron chi connectivity index (χ2n) is 5.04. The maximum Gasteiger partial charge on any atom is 0.133 e. The Morgan fingerprint density at radius 3 is 2.62 bits per heavy atom. The first kappa shape index (κ1) is 15.3. The van der Waals surface area contributed by atoms with Gasteiger partial charge in [0.1, 0.15) is 17.5 Å². The third kappa shape index (κ3) is 3.93. The summed E-state index contributed by atoms with van der Waals surface area (Å²) in [5.74, 6) is 2.57. The van der Waals surface area contributed by atoms with Crippen LogP contribution in [0.3, 0.4) is 0 Å². The van der Waals surface area contributed by atoms with E-state index in [-0.39, 0.29) is 0 Å². The number of aromatic nitrogens is 4. The minimum Gasteiger partial charge on any atom is -0.373 e.